The van der Waals surface area contributed by atoms with E-state index < -0.39 is 10.8 Å². The quantitative estimate of drug-likeness (QED) is 0.209. The third-order valence-corrected chi connectivity index (χ3v) is 10.3. The lowest BCUT2D eigenvalue weighted by Gasteiger charge is -2.50. The first-order chi connectivity index (χ1) is 20.4. The fraction of sp³-hybridized carbons (Fsp3) is 0.190. The average molecular weight is 541 g/mol. The summed E-state index contributed by atoms with van der Waals surface area (Å²) in [6, 6.07) is 47.5. The van der Waals surface area contributed by atoms with Crippen molar-refractivity contribution in [2.24, 2.45) is 0 Å². The Balaban J connectivity index is 1.67. The molecule has 6 aromatic carbocycles. The Kier molecular flexibility index (Phi) is 5.44. The number of hydrogen-bond donors (Lipinski definition) is 0. The summed E-state index contributed by atoms with van der Waals surface area (Å²) in [7, 11) is 0. The van der Waals surface area contributed by atoms with Crippen LogP contribution in [0.5, 0.6) is 0 Å². The highest BCUT2D eigenvalue weighted by Crippen LogP contribution is 2.67. The first kappa shape index (κ1) is 25.3. The van der Waals surface area contributed by atoms with E-state index in [9.17, 15) is 0 Å². The van der Waals surface area contributed by atoms with Gasteiger partial charge in [0.05, 0.1) is 10.8 Å². The predicted octanol–water partition coefficient (Wildman–Crippen LogP) is 9.85. The molecule has 0 fully saturated rings. The second-order valence-electron chi connectivity index (χ2n) is 12.8. The molecule has 8 rings (SSSR count). The summed E-state index contributed by atoms with van der Waals surface area (Å²) in [5, 5.41) is 2.96. The van der Waals surface area contributed by atoms with Gasteiger partial charge < -0.3 is 0 Å². The highest BCUT2D eigenvalue weighted by atomic mass is 14.6. The SMILES string of the molecule is Cc1ccc(C2(c3ccc(C)cc3)c3ccc4c5c(ccc(c35)C2(c2ccc(C)cc2)c2ccc(C)cc2)CC4)cc1. The van der Waals surface area contributed by atoms with E-state index in [0.29, 0.717) is 0 Å². The first-order valence-corrected chi connectivity index (χ1v) is 15.3. The van der Waals surface area contributed by atoms with E-state index in [1.165, 1.54) is 77.5 Å². The van der Waals surface area contributed by atoms with E-state index in [1.807, 2.05) is 0 Å². The standard InChI is InChI=1S/C42H36/c1-27-5-17-33(18-6-27)41(34-19-7-28(2)8-20-34)37-25-15-31-13-14-32-16-26-38(40(37)39(31)32)42(41,35-21-9-29(3)10-22-35)36-23-11-30(4)12-24-36/h5-12,15-26H,13-14H2,1-4H3. The van der Waals surface area contributed by atoms with Gasteiger partial charge in [0.15, 0.2) is 0 Å². The molecule has 0 heterocycles. The van der Waals surface area contributed by atoms with Crippen LogP contribution in [0.15, 0.2) is 121 Å². The van der Waals surface area contributed by atoms with Crippen molar-refractivity contribution >= 4 is 10.8 Å². The fourth-order valence-corrected chi connectivity index (χ4v) is 8.39. The minimum atomic E-state index is -0.485. The minimum absolute atomic E-state index is 0.485. The van der Waals surface area contributed by atoms with Gasteiger partial charge in [-0.25, -0.2) is 0 Å². The van der Waals surface area contributed by atoms with Crippen LogP contribution >= 0.6 is 0 Å². The van der Waals surface area contributed by atoms with E-state index in [-0.39, 0.29) is 0 Å². The molecule has 0 aliphatic heterocycles. The lowest BCUT2D eigenvalue weighted by Crippen LogP contribution is -2.49. The highest BCUT2D eigenvalue weighted by molar-refractivity contribution is 6.03. The lowest BCUT2D eigenvalue weighted by atomic mass is 9.50. The first-order valence-electron chi connectivity index (χ1n) is 15.3. The van der Waals surface area contributed by atoms with Crippen molar-refractivity contribution in [3.8, 4) is 0 Å². The van der Waals surface area contributed by atoms with Gasteiger partial charge in [-0.1, -0.05) is 144 Å². The van der Waals surface area contributed by atoms with Crippen LogP contribution in [0.1, 0.15) is 66.8 Å². The normalized spacial score (nSPS) is 15.8. The molecular weight excluding hydrogens is 504 g/mol. The van der Waals surface area contributed by atoms with Crippen molar-refractivity contribution < 1.29 is 0 Å². The van der Waals surface area contributed by atoms with Crippen LogP contribution < -0.4 is 0 Å². The third-order valence-electron chi connectivity index (χ3n) is 10.3. The van der Waals surface area contributed by atoms with Gasteiger partial charge in [-0.05, 0) is 95.8 Å². The molecule has 0 amide bonds. The van der Waals surface area contributed by atoms with Crippen LogP contribution in [0.4, 0.5) is 0 Å². The second kappa shape index (κ2) is 9.04. The number of aryl methyl sites for hydroxylation is 6. The average Bonchev–Trinajstić information content (AvgIpc) is 3.54. The van der Waals surface area contributed by atoms with Gasteiger partial charge in [-0.2, -0.15) is 0 Å². The smallest absolute Gasteiger partial charge is 0.0590 e. The van der Waals surface area contributed by atoms with Crippen molar-refractivity contribution in [1.29, 1.82) is 0 Å². The van der Waals surface area contributed by atoms with Crippen molar-refractivity contribution in [3.63, 3.8) is 0 Å². The van der Waals surface area contributed by atoms with Crippen LogP contribution in [-0.4, -0.2) is 0 Å². The molecule has 0 unspecified atom stereocenters. The van der Waals surface area contributed by atoms with Crippen molar-refractivity contribution in [3.05, 3.63) is 188 Å². The maximum atomic E-state index is 2.49. The van der Waals surface area contributed by atoms with Crippen molar-refractivity contribution in [1.82, 2.24) is 0 Å². The molecule has 0 nitrogen and oxygen atoms in total. The maximum Gasteiger partial charge on any atom is 0.0635 e. The molecule has 0 heteroatoms. The Morgan fingerprint density at radius 3 is 0.905 bits per heavy atom. The Labute approximate surface area is 249 Å². The van der Waals surface area contributed by atoms with Gasteiger partial charge >= 0.3 is 0 Å². The largest absolute Gasteiger partial charge is 0.0635 e. The zero-order valence-electron chi connectivity index (χ0n) is 25.0. The van der Waals surface area contributed by atoms with Gasteiger partial charge in [0, 0.05) is 0 Å². The van der Waals surface area contributed by atoms with Crippen LogP contribution in [0.2, 0.25) is 0 Å². The fourth-order valence-electron chi connectivity index (χ4n) is 8.39. The summed E-state index contributed by atoms with van der Waals surface area (Å²) in [6.07, 6.45) is 2.25. The molecular formula is C42H36. The zero-order valence-corrected chi connectivity index (χ0v) is 25.0. The summed E-state index contributed by atoms with van der Waals surface area (Å²) < 4.78 is 0. The summed E-state index contributed by atoms with van der Waals surface area (Å²) >= 11 is 0. The molecule has 0 atom stereocenters. The van der Waals surface area contributed by atoms with E-state index in [2.05, 4.69) is 149 Å². The monoisotopic (exact) mass is 540 g/mol. The Hall–Kier alpha value is -4.42. The molecule has 204 valence electrons. The molecule has 6 aromatic rings. The van der Waals surface area contributed by atoms with Crippen LogP contribution in [0.25, 0.3) is 10.8 Å². The van der Waals surface area contributed by atoms with E-state index in [0.717, 1.165) is 12.8 Å². The lowest BCUT2D eigenvalue weighted by molar-refractivity contribution is 0.442. The summed E-state index contributed by atoms with van der Waals surface area (Å²) in [5.41, 5.74) is 15.4. The predicted molar refractivity (Wildman–Crippen MR) is 176 cm³/mol. The summed E-state index contributed by atoms with van der Waals surface area (Å²) in [5.74, 6) is 0. The summed E-state index contributed by atoms with van der Waals surface area (Å²) in [6.45, 7) is 8.78. The molecule has 2 aliphatic rings. The van der Waals surface area contributed by atoms with Gasteiger partial charge in [-0.15, -0.1) is 0 Å². The maximum absolute atomic E-state index is 2.49. The zero-order chi connectivity index (χ0) is 28.6. The molecule has 2 aliphatic carbocycles. The van der Waals surface area contributed by atoms with Crippen molar-refractivity contribution in [2.75, 3.05) is 0 Å². The Bertz CT molecular complexity index is 1730. The molecule has 0 radical (unpaired) electrons. The minimum Gasteiger partial charge on any atom is -0.0590 e. The van der Waals surface area contributed by atoms with E-state index >= 15 is 0 Å². The van der Waals surface area contributed by atoms with Crippen LogP contribution in [-0.2, 0) is 23.7 Å². The summed E-state index contributed by atoms with van der Waals surface area (Å²) in [4.78, 5) is 0. The molecule has 0 saturated heterocycles. The molecule has 0 saturated carbocycles. The van der Waals surface area contributed by atoms with Crippen LogP contribution in [0, 0.1) is 27.7 Å². The number of hydrogen-bond acceptors (Lipinski definition) is 0. The Morgan fingerprint density at radius 2 is 0.619 bits per heavy atom. The van der Waals surface area contributed by atoms with Crippen molar-refractivity contribution in [2.45, 2.75) is 51.4 Å². The van der Waals surface area contributed by atoms with Gasteiger partial charge in [-0.3, -0.25) is 0 Å². The molecule has 0 N–H and O–H groups in total. The third kappa shape index (κ3) is 3.18. The van der Waals surface area contributed by atoms with E-state index in [4.69, 9.17) is 0 Å². The molecule has 0 spiro atoms. The molecule has 42 heavy (non-hydrogen) atoms. The van der Waals surface area contributed by atoms with E-state index in [1.54, 1.807) is 0 Å². The van der Waals surface area contributed by atoms with Gasteiger partial charge in [0.2, 0.25) is 0 Å². The Morgan fingerprint density at radius 1 is 0.333 bits per heavy atom. The van der Waals surface area contributed by atoms with Gasteiger partial charge in [0.25, 0.3) is 0 Å². The topological polar surface area (TPSA) is 0 Å². The molecule has 0 aromatic heterocycles. The number of rotatable bonds is 4. The van der Waals surface area contributed by atoms with Crippen LogP contribution in [0.3, 0.4) is 0 Å². The van der Waals surface area contributed by atoms with Gasteiger partial charge in [0.1, 0.15) is 0 Å². The second-order valence-corrected chi connectivity index (χ2v) is 12.8. The molecule has 0 bridgehead atoms. The highest BCUT2D eigenvalue weighted by Gasteiger charge is 2.62. The number of benzene rings is 6.